The molecule has 0 aliphatic rings. The Hall–Kier alpha value is -3.47. The molecule has 0 spiro atoms. The minimum atomic E-state index is -4.24. The fourth-order valence-corrected chi connectivity index (χ4v) is 6.24. The summed E-state index contributed by atoms with van der Waals surface area (Å²) < 4.78 is 39.6. The number of anilines is 1. The highest BCUT2D eigenvalue weighted by Crippen LogP contribution is 2.34. The number of methoxy groups -OCH3 is 2. The molecule has 3 rings (SSSR count). The second-order valence-corrected chi connectivity index (χ2v) is 11.6. The van der Waals surface area contributed by atoms with E-state index in [-0.39, 0.29) is 35.2 Å². The van der Waals surface area contributed by atoms with Crippen molar-refractivity contribution in [2.75, 3.05) is 31.6 Å². The molecule has 3 aromatic rings. The molecule has 1 atom stereocenters. The van der Waals surface area contributed by atoms with Gasteiger partial charge in [0.25, 0.3) is 10.0 Å². The van der Waals surface area contributed by atoms with E-state index in [2.05, 4.69) is 5.32 Å². The van der Waals surface area contributed by atoms with Crippen molar-refractivity contribution in [2.24, 2.45) is 0 Å². The Balaban J connectivity index is 2.14. The number of amides is 2. The Labute approximate surface area is 251 Å². The highest BCUT2D eigenvalue weighted by atomic mass is 35.5. The van der Waals surface area contributed by atoms with Gasteiger partial charge in [0.2, 0.25) is 11.8 Å². The van der Waals surface area contributed by atoms with E-state index >= 15 is 0 Å². The van der Waals surface area contributed by atoms with E-state index in [1.807, 2.05) is 0 Å². The molecule has 0 saturated carbocycles. The molecule has 3 aromatic carbocycles. The summed E-state index contributed by atoms with van der Waals surface area (Å²) in [6, 6.07) is 16.3. The lowest BCUT2D eigenvalue weighted by Crippen LogP contribution is -2.52. The minimum Gasteiger partial charge on any atom is -0.493 e. The fourth-order valence-electron chi connectivity index (χ4n) is 4.29. The molecular formula is C29H33Cl2N3O6S. The van der Waals surface area contributed by atoms with Gasteiger partial charge in [-0.2, -0.15) is 0 Å². The number of rotatable bonds is 13. The third-order valence-electron chi connectivity index (χ3n) is 6.39. The van der Waals surface area contributed by atoms with Crippen LogP contribution in [0.25, 0.3) is 0 Å². The van der Waals surface area contributed by atoms with Crippen LogP contribution in [0, 0.1) is 0 Å². The van der Waals surface area contributed by atoms with Gasteiger partial charge in [-0.15, -0.1) is 0 Å². The lowest BCUT2D eigenvalue weighted by Gasteiger charge is -2.33. The number of hydrogen-bond acceptors (Lipinski definition) is 6. The first kappa shape index (κ1) is 32.0. The van der Waals surface area contributed by atoms with Gasteiger partial charge in [-0.25, -0.2) is 8.42 Å². The van der Waals surface area contributed by atoms with Gasteiger partial charge in [0.1, 0.15) is 12.6 Å². The van der Waals surface area contributed by atoms with Crippen molar-refractivity contribution in [1.82, 2.24) is 10.2 Å². The zero-order valence-electron chi connectivity index (χ0n) is 23.3. The predicted molar refractivity (Wildman–Crippen MR) is 160 cm³/mol. The van der Waals surface area contributed by atoms with Crippen molar-refractivity contribution in [3.8, 4) is 11.5 Å². The predicted octanol–water partition coefficient (Wildman–Crippen LogP) is 5.15. The molecule has 0 fully saturated rings. The molecule has 0 heterocycles. The molecule has 12 heteroatoms. The van der Waals surface area contributed by atoms with Crippen LogP contribution >= 0.6 is 23.2 Å². The Morgan fingerprint density at radius 1 is 0.902 bits per heavy atom. The SMILES string of the molecule is CCNC(=O)[C@@H](CC)N(Cc1c(Cl)cccc1Cl)C(=O)CN(c1ccc(OC)c(OC)c1)S(=O)(=O)c1ccccc1. The van der Waals surface area contributed by atoms with Gasteiger partial charge in [-0.3, -0.25) is 13.9 Å². The van der Waals surface area contributed by atoms with Gasteiger partial charge in [0.05, 0.1) is 24.8 Å². The summed E-state index contributed by atoms with van der Waals surface area (Å²) in [7, 11) is -1.35. The Bertz CT molecular complexity index is 1450. The number of nitrogens with zero attached hydrogens (tertiary/aromatic N) is 2. The van der Waals surface area contributed by atoms with E-state index in [9.17, 15) is 18.0 Å². The number of carbonyl (C=O) groups excluding carboxylic acids is 2. The minimum absolute atomic E-state index is 0.0148. The smallest absolute Gasteiger partial charge is 0.264 e. The standard InChI is InChI=1S/C29H33Cl2N3O6S/c1-5-25(29(36)32-6-2)33(18-22-23(30)13-10-14-24(22)31)28(35)19-34(41(37,38)21-11-8-7-9-12-21)20-15-16-26(39-3)27(17-20)40-4/h7-17,25H,5-6,18-19H2,1-4H3,(H,32,36)/t25-/m1/s1. The van der Waals surface area contributed by atoms with Crippen LogP contribution in [0.1, 0.15) is 25.8 Å². The maximum atomic E-state index is 14.1. The summed E-state index contributed by atoms with van der Waals surface area (Å²) in [5, 5.41) is 3.38. The molecule has 220 valence electrons. The van der Waals surface area contributed by atoms with Crippen molar-refractivity contribution < 1.29 is 27.5 Å². The summed E-state index contributed by atoms with van der Waals surface area (Å²) in [4.78, 5) is 28.5. The molecule has 1 N–H and O–H groups in total. The van der Waals surface area contributed by atoms with E-state index in [4.69, 9.17) is 32.7 Å². The molecular weight excluding hydrogens is 589 g/mol. The maximum absolute atomic E-state index is 14.1. The molecule has 0 aromatic heterocycles. The van der Waals surface area contributed by atoms with Crippen LogP contribution in [0.15, 0.2) is 71.6 Å². The number of ether oxygens (including phenoxy) is 2. The van der Waals surface area contributed by atoms with Gasteiger partial charge < -0.3 is 19.7 Å². The lowest BCUT2D eigenvalue weighted by atomic mass is 10.1. The molecule has 0 saturated heterocycles. The molecule has 0 aliphatic heterocycles. The molecule has 41 heavy (non-hydrogen) atoms. The van der Waals surface area contributed by atoms with Gasteiger partial charge >= 0.3 is 0 Å². The number of sulfonamides is 1. The van der Waals surface area contributed by atoms with Crippen LogP contribution in [0.5, 0.6) is 11.5 Å². The second-order valence-electron chi connectivity index (χ2n) is 8.90. The van der Waals surface area contributed by atoms with Crippen molar-refractivity contribution in [1.29, 1.82) is 0 Å². The topological polar surface area (TPSA) is 105 Å². The van der Waals surface area contributed by atoms with E-state index < -0.39 is 28.5 Å². The first-order valence-electron chi connectivity index (χ1n) is 12.9. The Morgan fingerprint density at radius 2 is 1.54 bits per heavy atom. The van der Waals surface area contributed by atoms with Crippen LogP contribution < -0.4 is 19.1 Å². The Kier molecular flexibility index (Phi) is 11.3. The van der Waals surface area contributed by atoms with Gasteiger partial charge in [-0.05, 0) is 49.7 Å². The zero-order valence-corrected chi connectivity index (χ0v) is 25.6. The number of hydrogen-bond donors (Lipinski definition) is 1. The normalized spacial score (nSPS) is 11.9. The molecule has 0 aliphatic carbocycles. The van der Waals surface area contributed by atoms with E-state index in [1.165, 1.54) is 43.4 Å². The van der Waals surface area contributed by atoms with Crippen molar-refractivity contribution in [2.45, 2.75) is 37.8 Å². The number of halogens is 2. The van der Waals surface area contributed by atoms with Crippen LogP contribution in [0.3, 0.4) is 0 Å². The summed E-state index contributed by atoms with van der Waals surface area (Å²) in [5.74, 6) is -0.348. The first-order valence-corrected chi connectivity index (χ1v) is 15.1. The van der Waals surface area contributed by atoms with Crippen LogP contribution in [0.4, 0.5) is 5.69 Å². The highest BCUT2D eigenvalue weighted by molar-refractivity contribution is 7.92. The van der Waals surface area contributed by atoms with Gasteiger partial charge in [0, 0.05) is 34.8 Å². The van der Waals surface area contributed by atoms with E-state index in [0.29, 0.717) is 27.9 Å². The molecule has 0 bridgehead atoms. The summed E-state index contributed by atoms with van der Waals surface area (Å²) in [5.41, 5.74) is 0.608. The largest absolute Gasteiger partial charge is 0.493 e. The summed E-state index contributed by atoms with van der Waals surface area (Å²) in [6.07, 6.45) is 0.265. The summed E-state index contributed by atoms with van der Waals surface area (Å²) >= 11 is 12.9. The second kappa shape index (κ2) is 14.4. The average Bonchev–Trinajstić information content (AvgIpc) is 2.97. The molecule has 9 nitrogen and oxygen atoms in total. The third-order valence-corrected chi connectivity index (χ3v) is 8.89. The molecule has 2 amide bonds. The van der Waals surface area contributed by atoms with E-state index in [1.54, 1.807) is 56.3 Å². The van der Waals surface area contributed by atoms with E-state index in [0.717, 1.165) is 4.31 Å². The number of nitrogens with one attached hydrogen (secondary N) is 1. The zero-order chi connectivity index (χ0) is 30.2. The fraction of sp³-hybridized carbons (Fsp3) is 0.310. The quantitative estimate of drug-likeness (QED) is 0.283. The van der Waals surface area contributed by atoms with Crippen molar-refractivity contribution in [3.63, 3.8) is 0 Å². The maximum Gasteiger partial charge on any atom is 0.264 e. The average molecular weight is 623 g/mol. The molecule has 0 radical (unpaired) electrons. The van der Waals surface area contributed by atoms with Crippen molar-refractivity contribution in [3.05, 3.63) is 82.3 Å². The molecule has 0 unspecified atom stereocenters. The van der Waals surface area contributed by atoms with Crippen LogP contribution in [-0.2, 0) is 26.2 Å². The third kappa shape index (κ3) is 7.44. The van der Waals surface area contributed by atoms with Crippen molar-refractivity contribution >= 4 is 50.7 Å². The Morgan fingerprint density at radius 3 is 2.10 bits per heavy atom. The summed E-state index contributed by atoms with van der Waals surface area (Å²) in [6.45, 7) is 3.15. The number of likely N-dealkylation sites (N-methyl/N-ethyl adjacent to an activating group) is 1. The number of carbonyl (C=O) groups is 2. The van der Waals surface area contributed by atoms with Crippen LogP contribution in [0.2, 0.25) is 10.0 Å². The monoisotopic (exact) mass is 621 g/mol. The highest BCUT2D eigenvalue weighted by Gasteiger charge is 2.34. The number of benzene rings is 3. The van der Waals surface area contributed by atoms with Gasteiger partial charge in [-0.1, -0.05) is 54.4 Å². The lowest BCUT2D eigenvalue weighted by molar-refractivity contribution is -0.140. The first-order chi connectivity index (χ1) is 19.6. The van der Waals surface area contributed by atoms with Crippen LogP contribution in [-0.4, -0.2) is 58.5 Å². The van der Waals surface area contributed by atoms with Gasteiger partial charge in [0.15, 0.2) is 11.5 Å².